The number of carbonyl (C=O) groups excluding carboxylic acids is 1. The predicted octanol–water partition coefficient (Wildman–Crippen LogP) is 1.84. The van der Waals surface area contributed by atoms with Crippen molar-refractivity contribution in [2.75, 3.05) is 19.8 Å². The standard InChI is InChI=1S/C16H23NO4/c1-4-20-12-7-5-6-8-13(12)21-11-15(19)17-10-9-14(18)16(17,2)3/h5-8,14,18H,4,9-11H2,1-3H3. The Morgan fingerprint density at radius 3 is 2.48 bits per heavy atom. The third kappa shape index (κ3) is 3.29. The number of amides is 1. The maximum absolute atomic E-state index is 12.3. The number of likely N-dealkylation sites (tertiary alicyclic amines) is 1. The molecule has 1 atom stereocenters. The average Bonchev–Trinajstić information content (AvgIpc) is 2.72. The van der Waals surface area contributed by atoms with Gasteiger partial charge in [0.2, 0.25) is 0 Å². The molecule has 116 valence electrons. The van der Waals surface area contributed by atoms with Crippen molar-refractivity contribution in [3.8, 4) is 11.5 Å². The van der Waals surface area contributed by atoms with Crippen LogP contribution >= 0.6 is 0 Å². The molecule has 1 unspecified atom stereocenters. The van der Waals surface area contributed by atoms with E-state index >= 15 is 0 Å². The molecular weight excluding hydrogens is 270 g/mol. The minimum atomic E-state index is -0.542. The Kier molecular flexibility index (Phi) is 4.73. The van der Waals surface area contributed by atoms with Gasteiger partial charge in [-0.15, -0.1) is 0 Å². The Hall–Kier alpha value is -1.75. The Morgan fingerprint density at radius 1 is 1.33 bits per heavy atom. The molecular formula is C16H23NO4. The molecule has 1 N–H and O–H groups in total. The lowest BCUT2D eigenvalue weighted by atomic mass is 9.99. The molecule has 0 aromatic heterocycles. The second-order valence-electron chi connectivity index (χ2n) is 5.67. The molecule has 1 aliphatic heterocycles. The van der Waals surface area contributed by atoms with Crippen molar-refractivity contribution in [3.63, 3.8) is 0 Å². The summed E-state index contributed by atoms with van der Waals surface area (Å²) in [6.07, 6.45) is 0.117. The van der Waals surface area contributed by atoms with Crippen LogP contribution in [0.15, 0.2) is 24.3 Å². The minimum absolute atomic E-state index is 0.0553. The highest BCUT2D eigenvalue weighted by molar-refractivity contribution is 5.79. The zero-order valence-electron chi connectivity index (χ0n) is 12.8. The van der Waals surface area contributed by atoms with E-state index in [0.717, 1.165) is 0 Å². The highest BCUT2D eigenvalue weighted by Gasteiger charge is 2.42. The van der Waals surface area contributed by atoms with Gasteiger partial charge in [-0.25, -0.2) is 0 Å². The van der Waals surface area contributed by atoms with E-state index in [-0.39, 0.29) is 12.5 Å². The highest BCUT2D eigenvalue weighted by Crippen LogP contribution is 2.30. The number of nitrogens with zero attached hydrogens (tertiary/aromatic N) is 1. The lowest BCUT2D eigenvalue weighted by Gasteiger charge is -2.33. The first-order valence-corrected chi connectivity index (χ1v) is 7.30. The Balaban J connectivity index is 1.99. The van der Waals surface area contributed by atoms with E-state index < -0.39 is 11.6 Å². The molecule has 1 aromatic carbocycles. The van der Waals surface area contributed by atoms with E-state index in [0.29, 0.717) is 31.1 Å². The predicted molar refractivity (Wildman–Crippen MR) is 79.5 cm³/mol. The Bertz CT molecular complexity index is 501. The van der Waals surface area contributed by atoms with Gasteiger partial charge in [0.25, 0.3) is 5.91 Å². The molecule has 0 bridgehead atoms. The van der Waals surface area contributed by atoms with Gasteiger partial charge in [-0.05, 0) is 39.3 Å². The number of rotatable bonds is 5. The van der Waals surface area contributed by atoms with Gasteiger partial charge in [-0.2, -0.15) is 0 Å². The molecule has 1 amide bonds. The summed E-state index contributed by atoms with van der Waals surface area (Å²) in [4.78, 5) is 14.0. The number of ether oxygens (including phenoxy) is 2. The van der Waals surface area contributed by atoms with Crippen molar-refractivity contribution in [2.24, 2.45) is 0 Å². The average molecular weight is 293 g/mol. The van der Waals surface area contributed by atoms with Crippen LogP contribution in [0.2, 0.25) is 0 Å². The van der Waals surface area contributed by atoms with Gasteiger partial charge in [0, 0.05) is 6.54 Å². The number of hydrogen-bond donors (Lipinski definition) is 1. The minimum Gasteiger partial charge on any atom is -0.490 e. The van der Waals surface area contributed by atoms with Crippen LogP contribution in [0.4, 0.5) is 0 Å². The lowest BCUT2D eigenvalue weighted by Crippen LogP contribution is -2.49. The van der Waals surface area contributed by atoms with Crippen molar-refractivity contribution in [2.45, 2.75) is 38.8 Å². The molecule has 5 heteroatoms. The van der Waals surface area contributed by atoms with E-state index in [9.17, 15) is 9.90 Å². The first-order valence-electron chi connectivity index (χ1n) is 7.30. The van der Waals surface area contributed by atoms with Crippen LogP contribution in [0.3, 0.4) is 0 Å². The summed E-state index contributed by atoms with van der Waals surface area (Å²) >= 11 is 0. The number of benzene rings is 1. The molecule has 1 saturated heterocycles. The maximum atomic E-state index is 12.3. The van der Waals surface area contributed by atoms with E-state index in [1.54, 1.807) is 11.0 Å². The molecule has 0 radical (unpaired) electrons. The number of aliphatic hydroxyl groups is 1. The van der Waals surface area contributed by atoms with Crippen LogP contribution in [0.5, 0.6) is 11.5 Å². The molecule has 1 aromatic rings. The van der Waals surface area contributed by atoms with Crippen molar-refractivity contribution < 1.29 is 19.4 Å². The third-order valence-corrected chi connectivity index (χ3v) is 3.94. The van der Waals surface area contributed by atoms with Gasteiger partial charge < -0.3 is 19.5 Å². The van der Waals surface area contributed by atoms with Crippen LogP contribution in [-0.4, -0.2) is 47.3 Å². The monoisotopic (exact) mass is 293 g/mol. The molecule has 1 heterocycles. The van der Waals surface area contributed by atoms with Crippen LogP contribution in [-0.2, 0) is 4.79 Å². The van der Waals surface area contributed by atoms with Gasteiger partial charge >= 0.3 is 0 Å². The normalized spacial score (nSPS) is 20.4. The summed E-state index contributed by atoms with van der Waals surface area (Å²) in [6.45, 7) is 6.69. The quantitative estimate of drug-likeness (QED) is 0.900. The molecule has 5 nitrogen and oxygen atoms in total. The third-order valence-electron chi connectivity index (χ3n) is 3.94. The smallest absolute Gasteiger partial charge is 0.261 e. The lowest BCUT2D eigenvalue weighted by molar-refractivity contribution is -0.138. The Labute approximate surface area is 125 Å². The van der Waals surface area contributed by atoms with Crippen LogP contribution in [0.25, 0.3) is 0 Å². The second kappa shape index (κ2) is 6.35. The summed E-state index contributed by atoms with van der Waals surface area (Å²) in [5.74, 6) is 1.07. The summed E-state index contributed by atoms with van der Waals surface area (Å²) in [5, 5.41) is 9.92. The van der Waals surface area contributed by atoms with Crippen LogP contribution < -0.4 is 9.47 Å². The molecule has 1 fully saturated rings. The molecule has 0 spiro atoms. The van der Waals surface area contributed by atoms with Crippen molar-refractivity contribution >= 4 is 5.91 Å². The fourth-order valence-electron chi connectivity index (χ4n) is 2.58. The second-order valence-corrected chi connectivity index (χ2v) is 5.67. The van der Waals surface area contributed by atoms with Crippen molar-refractivity contribution in [1.82, 2.24) is 4.90 Å². The first kappa shape index (κ1) is 15.6. The zero-order valence-corrected chi connectivity index (χ0v) is 12.8. The van der Waals surface area contributed by atoms with Crippen LogP contribution in [0, 0.1) is 0 Å². The van der Waals surface area contributed by atoms with Crippen LogP contribution in [0.1, 0.15) is 27.2 Å². The highest BCUT2D eigenvalue weighted by atomic mass is 16.5. The molecule has 21 heavy (non-hydrogen) atoms. The fraction of sp³-hybridized carbons (Fsp3) is 0.562. The van der Waals surface area contributed by atoms with Gasteiger partial charge in [0.05, 0.1) is 18.2 Å². The summed E-state index contributed by atoms with van der Waals surface area (Å²) < 4.78 is 11.1. The number of carbonyl (C=O) groups is 1. The summed E-state index contributed by atoms with van der Waals surface area (Å²) in [7, 11) is 0. The SMILES string of the molecule is CCOc1ccccc1OCC(=O)N1CCC(O)C1(C)C. The topological polar surface area (TPSA) is 59.0 Å². The van der Waals surface area contributed by atoms with Crippen molar-refractivity contribution in [1.29, 1.82) is 0 Å². The molecule has 0 aliphatic carbocycles. The van der Waals surface area contributed by atoms with Gasteiger partial charge in [0.15, 0.2) is 18.1 Å². The zero-order chi connectivity index (χ0) is 15.5. The maximum Gasteiger partial charge on any atom is 0.261 e. The van der Waals surface area contributed by atoms with Gasteiger partial charge in [-0.3, -0.25) is 4.79 Å². The first-order chi connectivity index (χ1) is 9.96. The number of para-hydroxylation sites is 2. The van der Waals surface area contributed by atoms with Gasteiger partial charge in [0.1, 0.15) is 0 Å². The van der Waals surface area contributed by atoms with E-state index in [1.165, 1.54) is 0 Å². The number of hydrogen-bond acceptors (Lipinski definition) is 4. The largest absolute Gasteiger partial charge is 0.490 e. The molecule has 2 rings (SSSR count). The van der Waals surface area contributed by atoms with Gasteiger partial charge in [-0.1, -0.05) is 12.1 Å². The van der Waals surface area contributed by atoms with Crippen molar-refractivity contribution in [3.05, 3.63) is 24.3 Å². The summed E-state index contributed by atoms with van der Waals surface area (Å²) in [5.41, 5.74) is -0.542. The summed E-state index contributed by atoms with van der Waals surface area (Å²) in [6, 6.07) is 7.29. The molecule has 0 saturated carbocycles. The Morgan fingerprint density at radius 2 is 1.95 bits per heavy atom. The van der Waals surface area contributed by atoms with E-state index in [1.807, 2.05) is 39.0 Å². The van der Waals surface area contributed by atoms with E-state index in [2.05, 4.69) is 0 Å². The van der Waals surface area contributed by atoms with E-state index in [4.69, 9.17) is 9.47 Å². The fourth-order valence-corrected chi connectivity index (χ4v) is 2.58. The number of aliphatic hydroxyl groups excluding tert-OH is 1. The molecule has 1 aliphatic rings.